The molecule has 0 saturated heterocycles. The van der Waals surface area contributed by atoms with Crippen LogP contribution in [0.25, 0.3) is 0 Å². The molecule has 0 unspecified atom stereocenters. The van der Waals surface area contributed by atoms with Crippen molar-refractivity contribution in [2.75, 3.05) is 6.54 Å². The van der Waals surface area contributed by atoms with Crippen LogP contribution in [0.3, 0.4) is 0 Å². The van der Waals surface area contributed by atoms with Gasteiger partial charge in [-0.1, -0.05) is 141 Å². The average molecular weight is 441 g/mol. The molecular formula is C27H56N2O2. The topological polar surface area (TPSA) is 75.4 Å². The maximum Gasteiger partial charge on any atom is 0.243 e. The summed E-state index contributed by atoms with van der Waals surface area (Å²) in [4.78, 5) is 10.9. The lowest BCUT2D eigenvalue weighted by Crippen LogP contribution is -2.17. The molecule has 0 spiro atoms. The van der Waals surface area contributed by atoms with E-state index in [9.17, 15) is 4.79 Å². The smallest absolute Gasteiger partial charge is 0.243 e. The van der Waals surface area contributed by atoms with Gasteiger partial charge >= 0.3 is 0 Å². The fourth-order valence-corrected chi connectivity index (χ4v) is 4.37. The van der Waals surface area contributed by atoms with Crippen molar-refractivity contribution in [1.82, 2.24) is 5.48 Å². The van der Waals surface area contributed by atoms with Gasteiger partial charge in [0.25, 0.3) is 0 Å². The fourth-order valence-electron chi connectivity index (χ4n) is 4.37. The first-order chi connectivity index (χ1) is 15.3. The largest absolute Gasteiger partial charge is 0.330 e. The number of carbonyl (C=O) groups is 1. The maximum absolute atomic E-state index is 10.9. The molecule has 0 atom stereocenters. The Labute approximate surface area is 194 Å². The van der Waals surface area contributed by atoms with E-state index in [2.05, 4.69) is 0 Å². The first-order valence-electron chi connectivity index (χ1n) is 13.9. The highest BCUT2D eigenvalue weighted by Crippen LogP contribution is 2.15. The Morgan fingerprint density at radius 2 is 0.677 bits per heavy atom. The van der Waals surface area contributed by atoms with Gasteiger partial charge in [0.05, 0.1) is 0 Å². The second-order valence-corrected chi connectivity index (χ2v) is 9.56. The van der Waals surface area contributed by atoms with Gasteiger partial charge in [0.2, 0.25) is 5.91 Å². The molecule has 0 aliphatic rings. The number of rotatable bonds is 26. The predicted octanol–water partition coefficient (Wildman–Crippen LogP) is 8.20. The summed E-state index contributed by atoms with van der Waals surface area (Å²) in [5.41, 5.74) is 7.21. The number of hydrogen-bond acceptors (Lipinski definition) is 3. The molecule has 0 aliphatic heterocycles. The van der Waals surface area contributed by atoms with E-state index in [4.69, 9.17) is 10.9 Å². The quantitative estimate of drug-likeness (QED) is 0.0720. The molecule has 0 bridgehead atoms. The third-order valence-electron chi connectivity index (χ3n) is 6.48. The van der Waals surface area contributed by atoms with Crippen LogP contribution in [0.5, 0.6) is 0 Å². The van der Waals surface area contributed by atoms with Crippen LogP contribution in [0.15, 0.2) is 0 Å². The van der Waals surface area contributed by atoms with Gasteiger partial charge in [0, 0.05) is 6.42 Å². The zero-order valence-corrected chi connectivity index (χ0v) is 20.8. The Bertz CT molecular complexity index is 350. The molecule has 0 fully saturated rings. The molecule has 4 N–H and O–H groups in total. The Balaban J connectivity index is 3.01. The summed E-state index contributed by atoms with van der Waals surface area (Å²) in [5.74, 6) is -0.258. The van der Waals surface area contributed by atoms with Crippen molar-refractivity contribution in [2.45, 2.75) is 161 Å². The molecule has 0 saturated carbocycles. The summed E-state index contributed by atoms with van der Waals surface area (Å²) in [7, 11) is 0. The molecule has 31 heavy (non-hydrogen) atoms. The van der Waals surface area contributed by atoms with Crippen LogP contribution < -0.4 is 11.2 Å². The summed E-state index contributed by atoms with van der Waals surface area (Å²) in [5, 5.41) is 8.42. The van der Waals surface area contributed by atoms with Gasteiger partial charge in [-0.25, -0.2) is 5.48 Å². The maximum atomic E-state index is 10.9. The van der Waals surface area contributed by atoms with Crippen molar-refractivity contribution in [2.24, 2.45) is 5.73 Å². The second-order valence-electron chi connectivity index (χ2n) is 9.56. The van der Waals surface area contributed by atoms with E-state index in [0.29, 0.717) is 6.42 Å². The number of amides is 1. The van der Waals surface area contributed by atoms with E-state index in [1.165, 1.54) is 141 Å². The molecule has 1 amide bonds. The standard InChI is InChI=1S/C27H56N2O2/c28-26-24-22-20-18-16-14-12-10-8-6-4-2-1-3-5-7-9-11-13-15-17-19-21-23-25-27(30)29-31/h31H,1-26,28H2,(H,29,30). The van der Waals surface area contributed by atoms with Crippen LogP contribution in [-0.4, -0.2) is 17.7 Å². The molecule has 0 aromatic carbocycles. The van der Waals surface area contributed by atoms with Gasteiger partial charge in [0.1, 0.15) is 0 Å². The highest BCUT2D eigenvalue weighted by Gasteiger charge is 1.99. The minimum absolute atomic E-state index is 0.258. The van der Waals surface area contributed by atoms with Crippen LogP contribution in [-0.2, 0) is 4.79 Å². The number of carbonyl (C=O) groups excluding carboxylic acids is 1. The van der Waals surface area contributed by atoms with Crippen molar-refractivity contribution in [3.63, 3.8) is 0 Å². The monoisotopic (exact) mass is 440 g/mol. The third kappa shape index (κ3) is 27.4. The zero-order chi connectivity index (χ0) is 22.7. The van der Waals surface area contributed by atoms with E-state index in [1.54, 1.807) is 5.48 Å². The third-order valence-corrected chi connectivity index (χ3v) is 6.48. The minimum Gasteiger partial charge on any atom is -0.330 e. The van der Waals surface area contributed by atoms with E-state index >= 15 is 0 Å². The fraction of sp³-hybridized carbons (Fsp3) is 0.963. The van der Waals surface area contributed by atoms with Crippen LogP contribution in [0.4, 0.5) is 0 Å². The van der Waals surface area contributed by atoms with Crippen LogP contribution >= 0.6 is 0 Å². The Morgan fingerprint density at radius 3 is 0.903 bits per heavy atom. The SMILES string of the molecule is NCCCCCCCCCCCCCCCCCCCCCCCCCCC(=O)NO. The summed E-state index contributed by atoms with van der Waals surface area (Å²) in [6.45, 7) is 0.861. The summed E-state index contributed by atoms with van der Waals surface area (Å²) < 4.78 is 0. The van der Waals surface area contributed by atoms with E-state index in [1.807, 2.05) is 0 Å². The van der Waals surface area contributed by atoms with Gasteiger partial charge in [-0.2, -0.15) is 0 Å². The zero-order valence-electron chi connectivity index (χ0n) is 20.8. The van der Waals surface area contributed by atoms with Gasteiger partial charge in [0.15, 0.2) is 0 Å². The Kier molecular flexibility index (Phi) is 26.9. The van der Waals surface area contributed by atoms with Crippen molar-refractivity contribution in [3.05, 3.63) is 0 Å². The van der Waals surface area contributed by atoms with Gasteiger partial charge in [-0.3, -0.25) is 10.0 Å². The van der Waals surface area contributed by atoms with Gasteiger partial charge in [-0.15, -0.1) is 0 Å². The number of nitrogens with two attached hydrogens (primary N) is 1. The van der Waals surface area contributed by atoms with Crippen LogP contribution in [0, 0.1) is 0 Å². The molecule has 0 radical (unpaired) electrons. The number of hydroxylamine groups is 1. The molecule has 186 valence electrons. The van der Waals surface area contributed by atoms with E-state index < -0.39 is 0 Å². The van der Waals surface area contributed by atoms with E-state index in [-0.39, 0.29) is 5.91 Å². The minimum atomic E-state index is -0.258. The molecule has 4 heteroatoms. The van der Waals surface area contributed by atoms with Crippen LogP contribution in [0.1, 0.15) is 161 Å². The first-order valence-corrected chi connectivity index (χ1v) is 13.9. The lowest BCUT2D eigenvalue weighted by Gasteiger charge is -2.04. The lowest BCUT2D eigenvalue weighted by atomic mass is 10.0. The highest BCUT2D eigenvalue weighted by atomic mass is 16.5. The Hall–Kier alpha value is -0.610. The number of nitrogens with one attached hydrogen (secondary N) is 1. The predicted molar refractivity (Wildman–Crippen MR) is 134 cm³/mol. The summed E-state index contributed by atoms with van der Waals surface area (Å²) >= 11 is 0. The van der Waals surface area contributed by atoms with Crippen molar-refractivity contribution in [1.29, 1.82) is 0 Å². The number of hydrogen-bond donors (Lipinski definition) is 3. The summed E-state index contributed by atoms with van der Waals surface area (Å²) in [6, 6.07) is 0. The molecule has 0 aromatic heterocycles. The summed E-state index contributed by atoms with van der Waals surface area (Å²) in [6.07, 6.45) is 33.1. The second kappa shape index (κ2) is 27.4. The molecule has 0 aromatic rings. The molecule has 0 aliphatic carbocycles. The first kappa shape index (κ1) is 30.4. The van der Waals surface area contributed by atoms with Crippen LogP contribution in [0.2, 0.25) is 0 Å². The molecule has 0 heterocycles. The lowest BCUT2D eigenvalue weighted by molar-refractivity contribution is -0.129. The molecule has 4 nitrogen and oxygen atoms in total. The Morgan fingerprint density at radius 1 is 0.452 bits per heavy atom. The van der Waals surface area contributed by atoms with Gasteiger partial charge in [-0.05, 0) is 19.4 Å². The average Bonchev–Trinajstić information content (AvgIpc) is 2.78. The molecule has 0 rings (SSSR count). The van der Waals surface area contributed by atoms with E-state index in [0.717, 1.165) is 19.4 Å². The van der Waals surface area contributed by atoms with Crippen molar-refractivity contribution in [3.8, 4) is 0 Å². The van der Waals surface area contributed by atoms with Gasteiger partial charge < -0.3 is 5.73 Å². The molecular weight excluding hydrogens is 384 g/mol. The highest BCUT2D eigenvalue weighted by molar-refractivity contribution is 5.74. The van der Waals surface area contributed by atoms with Crippen molar-refractivity contribution < 1.29 is 10.0 Å². The number of unbranched alkanes of at least 4 members (excludes halogenated alkanes) is 23. The van der Waals surface area contributed by atoms with Crippen molar-refractivity contribution >= 4 is 5.91 Å². The normalized spacial score (nSPS) is 11.2.